The Morgan fingerprint density at radius 1 is 1.24 bits per heavy atom. The van der Waals surface area contributed by atoms with E-state index >= 15 is 0 Å². The summed E-state index contributed by atoms with van der Waals surface area (Å²) >= 11 is 1.02. The Kier molecular flexibility index (Phi) is 4.59. The molecule has 0 saturated carbocycles. The summed E-state index contributed by atoms with van der Waals surface area (Å²) in [6.07, 6.45) is 0. The van der Waals surface area contributed by atoms with Gasteiger partial charge in [-0.15, -0.1) is 11.3 Å². The number of amides is 1. The molecule has 1 heterocycles. The molecule has 5 nitrogen and oxygen atoms in total. The Bertz CT molecular complexity index is 756. The van der Waals surface area contributed by atoms with E-state index in [9.17, 15) is 17.6 Å². The zero-order chi connectivity index (χ0) is 15.5. The van der Waals surface area contributed by atoms with Crippen LogP contribution in [0.1, 0.15) is 11.8 Å². The van der Waals surface area contributed by atoms with Gasteiger partial charge in [-0.2, -0.15) is 0 Å². The number of carbonyl (C=O) groups is 1. The first-order valence-electron chi connectivity index (χ1n) is 5.99. The van der Waals surface area contributed by atoms with E-state index in [2.05, 4.69) is 10.0 Å². The van der Waals surface area contributed by atoms with Crippen molar-refractivity contribution in [2.45, 2.75) is 17.7 Å². The summed E-state index contributed by atoms with van der Waals surface area (Å²) in [5.41, 5.74) is -0.102. The molecule has 0 aliphatic carbocycles. The molecule has 0 unspecified atom stereocenters. The predicted octanol–water partition coefficient (Wildman–Crippen LogP) is 2.32. The molecule has 2 N–H and O–H groups in total. The molecule has 2 rings (SSSR count). The smallest absolute Gasteiger partial charge is 0.271 e. The molecule has 1 amide bonds. The molecule has 0 aliphatic heterocycles. The lowest BCUT2D eigenvalue weighted by atomic mass is 10.3. The zero-order valence-electron chi connectivity index (χ0n) is 11.1. The molecule has 0 atom stereocenters. The van der Waals surface area contributed by atoms with Crippen LogP contribution in [0.4, 0.5) is 10.1 Å². The third kappa shape index (κ3) is 4.02. The molecule has 0 saturated heterocycles. The van der Waals surface area contributed by atoms with Gasteiger partial charge in [0.2, 0.25) is 5.91 Å². The van der Waals surface area contributed by atoms with E-state index in [1.54, 1.807) is 6.07 Å². The quantitative estimate of drug-likeness (QED) is 0.884. The lowest BCUT2D eigenvalue weighted by molar-refractivity contribution is -0.119. The first-order chi connectivity index (χ1) is 9.88. The molecule has 0 radical (unpaired) electrons. The average Bonchev–Trinajstić information content (AvgIpc) is 2.88. The standard InChI is InChI=1S/C13H13FN2O3S2/c1-9(17)15-8-10-6-7-13(20-10)21(18,19)16-12-5-3-2-4-11(12)14/h2-7,16H,8H2,1H3,(H,15,17). The van der Waals surface area contributed by atoms with Crippen LogP contribution in [0.5, 0.6) is 0 Å². The van der Waals surface area contributed by atoms with Crippen LogP contribution in [0.3, 0.4) is 0 Å². The highest BCUT2D eigenvalue weighted by Gasteiger charge is 2.18. The van der Waals surface area contributed by atoms with Crippen LogP contribution >= 0.6 is 11.3 Å². The van der Waals surface area contributed by atoms with Crippen molar-refractivity contribution in [1.29, 1.82) is 0 Å². The van der Waals surface area contributed by atoms with E-state index in [1.165, 1.54) is 37.3 Å². The van der Waals surface area contributed by atoms with E-state index in [0.29, 0.717) is 4.88 Å². The fourth-order valence-electron chi connectivity index (χ4n) is 1.55. The normalized spacial score (nSPS) is 11.1. The summed E-state index contributed by atoms with van der Waals surface area (Å²) in [5, 5.41) is 2.58. The summed E-state index contributed by atoms with van der Waals surface area (Å²) in [6.45, 7) is 1.64. The van der Waals surface area contributed by atoms with Crippen molar-refractivity contribution in [3.05, 3.63) is 47.1 Å². The van der Waals surface area contributed by atoms with Crippen molar-refractivity contribution in [1.82, 2.24) is 5.32 Å². The second-order valence-corrected chi connectivity index (χ2v) is 7.29. The molecule has 1 aromatic heterocycles. The average molecular weight is 328 g/mol. The van der Waals surface area contributed by atoms with Crippen LogP contribution in [-0.4, -0.2) is 14.3 Å². The number of sulfonamides is 1. The van der Waals surface area contributed by atoms with Gasteiger partial charge in [0.1, 0.15) is 10.0 Å². The fourth-order valence-corrected chi connectivity index (χ4v) is 3.91. The summed E-state index contributed by atoms with van der Waals surface area (Å²) < 4.78 is 40.0. The van der Waals surface area contributed by atoms with E-state index < -0.39 is 15.8 Å². The molecule has 0 bridgehead atoms. The molecule has 0 spiro atoms. The van der Waals surface area contributed by atoms with Gasteiger partial charge < -0.3 is 5.32 Å². The van der Waals surface area contributed by atoms with E-state index in [-0.39, 0.29) is 22.3 Å². The van der Waals surface area contributed by atoms with Crippen molar-refractivity contribution in [2.24, 2.45) is 0 Å². The highest BCUT2D eigenvalue weighted by atomic mass is 32.2. The van der Waals surface area contributed by atoms with Crippen LogP contribution < -0.4 is 10.0 Å². The molecule has 112 valence electrons. The van der Waals surface area contributed by atoms with E-state index in [1.807, 2.05) is 0 Å². The Morgan fingerprint density at radius 3 is 2.62 bits per heavy atom. The lowest BCUT2D eigenvalue weighted by Crippen LogP contribution is -2.18. The Hall–Kier alpha value is -1.93. The number of nitrogens with one attached hydrogen (secondary N) is 2. The van der Waals surface area contributed by atoms with Crippen molar-refractivity contribution in [2.75, 3.05) is 4.72 Å². The number of anilines is 1. The number of para-hydroxylation sites is 1. The van der Waals surface area contributed by atoms with Crippen LogP contribution in [0, 0.1) is 5.82 Å². The Labute approximate surface area is 125 Å². The summed E-state index contributed by atoms with van der Waals surface area (Å²) in [5.74, 6) is -0.839. The number of carbonyl (C=O) groups excluding carboxylic acids is 1. The van der Waals surface area contributed by atoms with Crippen molar-refractivity contribution < 1.29 is 17.6 Å². The molecule has 8 heteroatoms. The third-order valence-corrected chi connectivity index (χ3v) is 5.47. The van der Waals surface area contributed by atoms with Gasteiger partial charge in [-0.05, 0) is 24.3 Å². The number of rotatable bonds is 5. The summed E-state index contributed by atoms with van der Waals surface area (Å²) in [7, 11) is -3.84. The number of halogens is 1. The van der Waals surface area contributed by atoms with Gasteiger partial charge >= 0.3 is 0 Å². The van der Waals surface area contributed by atoms with Gasteiger partial charge in [0.15, 0.2) is 0 Å². The number of thiophene rings is 1. The maximum Gasteiger partial charge on any atom is 0.271 e. The lowest BCUT2D eigenvalue weighted by Gasteiger charge is -2.06. The van der Waals surface area contributed by atoms with Crippen LogP contribution in [-0.2, 0) is 21.4 Å². The zero-order valence-corrected chi connectivity index (χ0v) is 12.7. The van der Waals surface area contributed by atoms with Gasteiger partial charge in [-0.1, -0.05) is 12.1 Å². The second kappa shape index (κ2) is 6.23. The predicted molar refractivity (Wildman–Crippen MR) is 79.0 cm³/mol. The van der Waals surface area contributed by atoms with Crippen molar-refractivity contribution in [3.63, 3.8) is 0 Å². The topological polar surface area (TPSA) is 75.3 Å². The van der Waals surface area contributed by atoms with Crippen LogP contribution in [0.25, 0.3) is 0 Å². The number of hydrogen-bond acceptors (Lipinski definition) is 4. The van der Waals surface area contributed by atoms with Crippen LogP contribution in [0.2, 0.25) is 0 Å². The van der Waals surface area contributed by atoms with E-state index in [0.717, 1.165) is 11.3 Å². The molecule has 0 fully saturated rings. The fraction of sp³-hybridized carbons (Fsp3) is 0.154. The number of hydrogen-bond donors (Lipinski definition) is 2. The molecular formula is C13H13FN2O3S2. The van der Waals surface area contributed by atoms with Crippen molar-refractivity contribution >= 4 is 33.0 Å². The molecule has 21 heavy (non-hydrogen) atoms. The monoisotopic (exact) mass is 328 g/mol. The third-order valence-electron chi connectivity index (χ3n) is 2.53. The van der Waals surface area contributed by atoms with Gasteiger partial charge in [0.05, 0.1) is 12.2 Å². The minimum absolute atomic E-state index is 0.0612. The van der Waals surface area contributed by atoms with E-state index in [4.69, 9.17) is 0 Å². The van der Waals surface area contributed by atoms with Gasteiger partial charge in [-0.3, -0.25) is 9.52 Å². The molecule has 2 aromatic rings. The number of benzene rings is 1. The first-order valence-corrected chi connectivity index (χ1v) is 8.29. The Balaban J connectivity index is 2.17. The van der Waals surface area contributed by atoms with Gasteiger partial charge in [0.25, 0.3) is 10.0 Å². The first kappa shape index (κ1) is 15.5. The SMILES string of the molecule is CC(=O)NCc1ccc(S(=O)(=O)Nc2ccccc2F)s1. The highest BCUT2D eigenvalue weighted by molar-refractivity contribution is 7.94. The van der Waals surface area contributed by atoms with Gasteiger partial charge in [-0.25, -0.2) is 12.8 Å². The molecular weight excluding hydrogens is 315 g/mol. The van der Waals surface area contributed by atoms with Crippen LogP contribution in [0.15, 0.2) is 40.6 Å². The maximum absolute atomic E-state index is 13.5. The molecule has 0 aliphatic rings. The van der Waals surface area contributed by atoms with Gasteiger partial charge in [0, 0.05) is 11.8 Å². The van der Waals surface area contributed by atoms with Crippen molar-refractivity contribution in [3.8, 4) is 0 Å². The second-order valence-electron chi connectivity index (χ2n) is 4.22. The Morgan fingerprint density at radius 2 is 1.95 bits per heavy atom. The molecule has 1 aromatic carbocycles. The maximum atomic E-state index is 13.5. The highest BCUT2D eigenvalue weighted by Crippen LogP contribution is 2.25. The summed E-state index contributed by atoms with van der Waals surface area (Å²) in [6, 6.07) is 8.57. The minimum atomic E-state index is -3.84. The summed E-state index contributed by atoms with van der Waals surface area (Å²) in [4.78, 5) is 11.5. The minimum Gasteiger partial charge on any atom is -0.351 e. The largest absolute Gasteiger partial charge is 0.351 e.